The van der Waals surface area contributed by atoms with Crippen LogP contribution in [0.5, 0.6) is 0 Å². The van der Waals surface area contributed by atoms with E-state index in [1.807, 2.05) is 38.1 Å². The number of anilines is 1. The molecule has 6 heteroatoms. The third-order valence-corrected chi connectivity index (χ3v) is 4.74. The highest BCUT2D eigenvalue weighted by Crippen LogP contribution is 2.27. The highest BCUT2D eigenvalue weighted by atomic mass is 16.3. The quantitative estimate of drug-likeness (QED) is 0.713. The minimum Gasteiger partial charge on any atom is -0.467 e. The molecule has 2 amide bonds. The summed E-state index contributed by atoms with van der Waals surface area (Å²) < 4.78 is 5.21. The molecule has 0 spiro atoms. The maximum absolute atomic E-state index is 12.5. The van der Waals surface area contributed by atoms with Gasteiger partial charge < -0.3 is 15.1 Å². The van der Waals surface area contributed by atoms with E-state index < -0.39 is 0 Å². The number of hydrogen-bond donors (Lipinski definition) is 2. The lowest BCUT2D eigenvalue weighted by Crippen LogP contribution is -2.37. The van der Waals surface area contributed by atoms with Crippen molar-refractivity contribution in [3.8, 4) is 0 Å². The SMILES string of the molecule is Cc1ccc(C)c(NC(=O)CN(CCC(=O)NCc2ccco2)C2CC2)c1. The number of benzene rings is 1. The molecule has 0 saturated heterocycles. The molecule has 0 unspecified atom stereocenters. The van der Waals surface area contributed by atoms with Gasteiger partial charge in [0, 0.05) is 24.7 Å². The summed E-state index contributed by atoms with van der Waals surface area (Å²) in [6, 6.07) is 10.1. The van der Waals surface area contributed by atoms with Gasteiger partial charge in [-0.05, 0) is 56.0 Å². The average molecular weight is 369 g/mol. The molecule has 1 saturated carbocycles. The van der Waals surface area contributed by atoms with Crippen LogP contribution in [0.25, 0.3) is 0 Å². The van der Waals surface area contributed by atoms with Crippen LogP contribution in [-0.2, 0) is 16.1 Å². The predicted molar refractivity (Wildman–Crippen MR) is 104 cm³/mol. The van der Waals surface area contributed by atoms with E-state index in [0.717, 1.165) is 35.4 Å². The third kappa shape index (κ3) is 5.96. The summed E-state index contributed by atoms with van der Waals surface area (Å²) in [6.45, 7) is 5.27. The van der Waals surface area contributed by atoms with Crippen molar-refractivity contribution in [1.82, 2.24) is 10.2 Å². The van der Waals surface area contributed by atoms with Crippen LogP contribution >= 0.6 is 0 Å². The Balaban J connectivity index is 1.46. The van der Waals surface area contributed by atoms with Gasteiger partial charge in [-0.3, -0.25) is 14.5 Å². The van der Waals surface area contributed by atoms with E-state index >= 15 is 0 Å². The molecule has 6 nitrogen and oxygen atoms in total. The highest BCUT2D eigenvalue weighted by Gasteiger charge is 2.30. The van der Waals surface area contributed by atoms with Crippen LogP contribution in [0.4, 0.5) is 5.69 Å². The summed E-state index contributed by atoms with van der Waals surface area (Å²) in [4.78, 5) is 26.6. The van der Waals surface area contributed by atoms with Crippen molar-refractivity contribution in [2.24, 2.45) is 0 Å². The maximum atomic E-state index is 12.5. The van der Waals surface area contributed by atoms with Gasteiger partial charge in [0.15, 0.2) is 0 Å². The second-order valence-electron chi connectivity index (χ2n) is 7.17. The lowest BCUT2D eigenvalue weighted by atomic mass is 10.1. The van der Waals surface area contributed by atoms with Crippen LogP contribution in [0.15, 0.2) is 41.0 Å². The number of amides is 2. The van der Waals surface area contributed by atoms with Crippen molar-refractivity contribution in [2.45, 2.75) is 45.7 Å². The normalized spacial score (nSPS) is 13.6. The zero-order valence-electron chi connectivity index (χ0n) is 16.0. The van der Waals surface area contributed by atoms with E-state index in [0.29, 0.717) is 32.1 Å². The van der Waals surface area contributed by atoms with E-state index in [-0.39, 0.29) is 11.8 Å². The highest BCUT2D eigenvalue weighted by molar-refractivity contribution is 5.93. The van der Waals surface area contributed by atoms with Gasteiger partial charge in [0.25, 0.3) is 0 Å². The van der Waals surface area contributed by atoms with Crippen molar-refractivity contribution in [3.63, 3.8) is 0 Å². The minimum absolute atomic E-state index is 0.0352. The molecule has 1 aromatic carbocycles. The molecule has 1 aromatic heterocycles. The molecule has 1 fully saturated rings. The first-order valence-corrected chi connectivity index (χ1v) is 9.41. The fourth-order valence-electron chi connectivity index (χ4n) is 3.01. The molecule has 3 rings (SSSR count). The van der Waals surface area contributed by atoms with Gasteiger partial charge >= 0.3 is 0 Å². The van der Waals surface area contributed by atoms with E-state index in [1.54, 1.807) is 12.3 Å². The van der Waals surface area contributed by atoms with E-state index in [2.05, 4.69) is 15.5 Å². The molecule has 1 heterocycles. The molecule has 27 heavy (non-hydrogen) atoms. The average Bonchev–Trinajstić information content (AvgIpc) is 3.35. The number of hydrogen-bond acceptors (Lipinski definition) is 4. The van der Waals surface area contributed by atoms with Crippen molar-refractivity contribution in [3.05, 3.63) is 53.5 Å². The summed E-state index contributed by atoms with van der Waals surface area (Å²) in [5, 5.41) is 5.85. The topological polar surface area (TPSA) is 74.6 Å². The Bertz CT molecular complexity index is 782. The summed E-state index contributed by atoms with van der Waals surface area (Å²) in [5.41, 5.74) is 3.01. The molecule has 1 aliphatic rings. The molecular formula is C21H27N3O3. The number of rotatable bonds is 9. The van der Waals surface area contributed by atoms with Gasteiger partial charge in [0.2, 0.25) is 11.8 Å². The largest absolute Gasteiger partial charge is 0.467 e. The number of nitrogens with zero attached hydrogens (tertiary/aromatic N) is 1. The fraction of sp³-hybridized carbons (Fsp3) is 0.429. The van der Waals surface area contributed by atoms with E-state index in [4.69, 9.17) is 4.42 Å². The van der Waals surface area contributed by atoms with Crippen molar-refractivity contribution in [1.29, 1.82) is 0 Å². The molecule has 0 atom stereocenters. The lowest BCUT2D eigenvalue weighted by Gasteiger charge is -2.21. The number of furan rings is 1. The molecule has 144 valence electrons. The van der Waals surface area contributed by atoms with Crippen LogP contribution in [0.2, 0.25) is 0 Å². The van der Waals surface area contributed by atoms with E-state index in [1.165, 1.54) is 0 Å². The number of carbonyl (C=O) groups is 2. The van der Waals surface area contributed by atoms with Crippen LogP contribution in [0.1, 0.15) is 36.1 Å². The molecular weight excluding hydrogens is 342 g/mol. The Kier molecular flexibility index (Phi) is 6.29. The molecule has 0 bridgehead atoms. The predicted octanol–water partition coefficient (Wildman–Crippen LogP) is 3.01. The first-order valence-electron chi connectivity index (χ1n) is 9.41. The Morgan fingerprint density at radius 1 is 1.19 bits per heavy atom. The van der Waals surface area contributed by atoms with E-state index in [9.17, 15) is 9.59 Å². The third-order valence-electron chi connectivity index (χ3n) is 4.74. The maximum Gasteiger partial charge on any atom is 0.238 e. The first kappa shape index (κ1) is 19.2. The monoisotopic (exact) mass is 369 g/mol. The van der Waals surface area contributed by atoms with Gasteiger partial charge in [-0.2, -0.15) is 0 Å². The standard InChI is InChI=1S/C21H27N3O3/c1-15-5-6-16(2)19(12-15)23-21(26)14-24(17-7-8-17)10-9-20(25)22-13-18-4-3-11-27-18/h3-6,11-12,17H,7-10,13-14H2,1-2H3,(H,22,25)(H,23,26). The molecule has 0 radical (unpaired) electrons. The number of carbonyl (C=O) groups excluding carboxylic acids is 2. The summed E-state index contributed by atoms with van der Waals surface area (Å²) >= 11 is 0. The zero-order chi connectivity index (χ0) is 19.2. The van der Waals surface area contributed by atoms with Gasteiger partial charge in [0.1, 0.15) is 5.76 Å². The second-order valence-corrected chi connectivity index (χ2v) is 7.17. The van der Waals surface area contributed by atoms with Crippen LogP contribution in [0.3, 0.4) is 0 Å². The van der Waals surface area contributed by atoms with Crippen molar-refractivity contribution in [2.75, 3.05) is 18.4 Å². The fourth-order valence-corrected chi connectivity index (χ4v) is 3.01. The second kappa shape index (κ2) is 8.86. The molecule has 0 aliphatic heterocycles. The molecule has 2 aromatic rings. The lowest BCUT2D eigenvalue weighted by molar-refractivity contribution is -0.122. The van der Waals surface area contributed by atoms with Gasteiger partial charge in [-0.15, -0.1) is 0 Å². The zero-order valence-corrected chi connectivity index (χ0v) is 16.0. The van der Waals surface area contributed by atoms with Crippen molar-refractivity contribution < 1.29 is 14.0 Å². The van der Waals surface area contributed by atoms with Crippen LogP contribution in [0, 0.1) is 13.8 Å². The molecule has 1 aliphatic carbocycles. The summed E-state index contributed by atoms with van der Waals surface area (Å²) in [7, 11) is 0. The van der Waals surface area contributed by atoms with Gasteiger partial charge in [-0.25, -0.2) is 0 Å². The van der Waals surface area contributed by atoms with Gasteiger partial charge in [0.05, 0.1) is 19.4 Å². The number of nitrogens with one attached hydrogen (secondary N) is 2. The Morgan fingerprint density at radius 3 is 2.70 bits per heavy atom. The summed E-state index contributed by atoms with van der Waals surface area (Å²) in [5.74, 6) is 0.661. The Labute approximate surface area is 159 Å². The summed E-state index contributed by atoms with van der Waals surface area (Å²) in [6.07, 6.45) is 4.13. The number of aryl methyl sites for hydroxylation is 2. The van der Waals surface area contributed by atoms with Crippen LogP contribution < -0.4 is 10.6 Å². The van der Waals surface area contributed by atoms with Crippen molar-refractivity contribution >= 4 is 17.5 Å². The molecule has 2 N–H and O–H groups in total. The smallest absolute Gasteiger partial charge is 0.238 e. The van der Waals surface area contributed by atoms with Crippen LogP contribution in [-0.4, -0.2) is 35.8 Å². The van der Waals surface area contributed by atoms with Gasteiger partial charge in [-0.1, -0.05) is 12.1 Å². The Hall–Kier alpha value is -2.60. The Morgan fingerprint density at radius 2 is 2.00 bits per heavy atom. The first-order chi connectivity index (χ1) is 13.0. The minimum atomic E-state index is -0.0356.